The number of allylic oxidation sites excluding steroid dienone is 2. The van der Waals surface area contributed by atoms with Crippen LogP contribution in [0.15, 0.2) is 27.8 Å². The molecule has 1 aliphatic carbocycles. The van der Waals surface area contributed by atoms with Crippen molar-refractivity contribution in [1.29, 1.82) is 5.26 Å². The van der Waals surface area contributed by atoms with Crippen LogP contribution in [0.2, 0.25) is 0 Å². The Kier molecular flexibility index (Phi) is 4.99. The van der Waals surface area contributed by atoms with Crippen molar-refractivity contribution in [3.8, 4) is 6.07 Å². The van der Waals surface area contributed by atoms with Crippen LogP contribution in [0, 0.1) is 18.3 Å². The SMILES string of the molecule is CCOC(=O)CNC1=C(C#N)C(=O)C[C@@H](c2ccc(C)o2)C1. The van der Waals surface area contributed by atoms with E-state index in [0.29, 0.717) is 12.1 Å². The van der Waals surface area contributed by atoms with E-state index in [1.807, 2.05) is 25.1 Å². The van der Waals surface area contributed by atoms with Crippen molar-refractivity contribution in [2.24, 2.45) is 0 Å². The minimum atomic E-state index is -0.421. The Labute approximate surface area is 128 Å². The first kappa shape index (κ1) is 15.8. The quantitative estimate of drug-likeness (QED) is 0.836. The molecule has 1 atom stereocenters. The summed E-state index contributed by atoms with van der Waals surface area (Å²) in [4.78, 5) is 23.5. The van der Waals surface area contributed by atoms with Crippen molar-refractivity contribution >= 4 is 11.8 Å². The lowest BCUT2D eigenvalue weighted by molar-refractivity contribution is -0.141. The van der Waals surface area contributed by atoms with E-state index in [9.17, 15) is 9.59 Å². The van der Waals surface area contributed by atoms with E-state index in [1.165, 1.54) is 0 Å². The molecule has 1 heterocycles. The fourth-order valence-electron chi connectivity index (χ4n) is 2.47. The number of carbonyl (C=O) groups excluding carboxylic acids is 2. The van der Waals surface area contributed by atoms with Crippen molar-refractivity contribution in [1.82, 2.24) is 5.32 Å². The van der Waals surface area contributed by atoms with Crippen molar-refractivity contribution in [3.05, 3.63) is 34.9 Å². The molecule has 0 radical (unpaired) electrons. The van der Waals surface area contributed by atoms with Gasteiger partial charge in [0.15, 0.2) is 5.78 Å². The Bertz CT molecular complexity index is 651. The zero-order chi connectivity index (χ0) is 16.1. The minimum absolute atomic E-state index is 0.0640. The van der Waals surface area contributed by atoms with Crippen LogP contribution in [0.5, 0.6) is 0 Å². The number of ether oxygens (including phenoxy) is 1. The number of Topliss-reactive ketones (excluding diaryl/α,β-unsaturated/α-hetero) is 1. The number of ketones is 1. The molecule has 1 N–H and O–H groups in total. The highest BCUT2D eigenvalue weighted by Gasteiger charge is 2.30. The van der Waals surface area contributed by atoms with Gasteiger partial charge in [0, 0.05) is 18.0 Å². The van der Waals surface area contributed by atoms with Gasteiger partial charge in [0.2, 0.25) is 0 Å². The Morgan fingerprint density at radius 3 is 2.86 bits per heavy atom. The highest BCUT2D eigenvalue weighted by Crippen LogP contribution is 2.34. The van der Waals surface area contributed by atoms with Crippen LogP contribution in [-0.4, -0.2) is 24.9 Å². The molecule has 0 spiro atoms. The minimum Gasteiger partial charge on any atom is -0.466 e. The van der Waals surface area contributed by atoms with Crippen molar-refractivity contribution in [2.45, 2.75) is 32.6 Å². The van der Waals surface area contributed by atoms with Gasteiger partial charge in [0.1, 0.15) is 29.7 Å². The van der Waals surface area contributed by atoms with Crippen molar-refractivity contribution in [3.63, 3.8) is 0 Å². The van der Waals surface area contributed by atoms with Crippen LogP contribution in [0.25, 0.3) is 0 Å². The van der Waals surface area contributed by atoms with Gasteiger partial charge < -0.3 is 14.5 Å². The highest BCUT2D eigenvalue weighted by atomic mass is 16.5. The predicted octanol–water partition coefficient (Wildman–Crippen LogP) is 1.96. The molecule has 0 bridgehead atoms. The number of hydrogen-bond donors (Lipinski definition) is 1. The van der Waals surface area contributed by atoms with Crippen LogP contribution in [0.4, 0.5) is 0 Å². The van der Waals surface area contributed by atoms with E-state index in [-0.39, 0.29) is 36.8 Å². The van der Waals surface area contributed by atoms with Gasteiger partial charge in [-0.1, -0.05) is 0 Å². The second-order valence-electron chi connectivity index (χ2n) is 5.10. The van der Waals surface area contributed by atoms with E-state index in [0.717, 1.165) is 11.5 Å². The maximum Gasteiger partial charge on any atom is 0.325 e. The van der Waals surface area contributed by atoms with E-state index in [1.54, 1.807) is 6.92 Å². The second kappa shape index (κ2) is 6.94. The molecular formula is C16H18N2O4. The lowest BCUT2D eigenvalue weighted by Gasteiger charge is -2.23. The normalized spacial score (nSPS) is 18.0. The predicted molar refractivity (Wildman–Crippen MR) is 77.7 cm³/mol. The number of esters is 1. The van der Waals surface area contributed by atoms with Crippen LogP contribution in [0.3, 0.4) is 0 Å². The number of nitrogens with one attached hydrogen (secondary N) is 1. The summed E-state index contributed by atoms with van der Waals surface area (Å²) >= 11 is 0. The van der Waals surface area contributed by atoms with E-state index in [2.05, 4.69) is 5.32 Å². The molecule has 0 unspecified atom stereocenters. The van der Waals surface area contributed by atoms with E-state index in [4.69, 9.17) is 14.4 Å². The highest BCUT2D eigenvalue weighted by molar-refractivity contribution is 6.01. The molecule has 0 aliphatic heterocycles. The Morgan fingerprint density at radius 2 is 2.27 bits per heavy atom. The monoisotopic (exact) mass is 302 g/mol. The molecule has 22 heavy (non-hydrogen) atoms. The standard InChI is InChI=1S/C16H18N2O4/c1-3-21-16(20)9-18-13-6-11(7-14(19)12(13)8-17)15-5-4-10(2)22-15/h4-5,11,18H,3,6-7,9H2,1-2H3/t11-/m0/s1. The molecule has 1 aromatic rings. The average Bonchev–Trinajstić information content (AvgIpc) is 2.91. The molecule has 116 valence electrons. The summed E-state index contributed by atoms with van der Waals surface area (Å²) in [5, 5.41) is 12.0. The smallest absolute Gasteiger partial charge is 0.325 e. The fourth-order valence-corrected chi connectivity index (χ4v) is 2.47. The molecular weight excluding hydrogens is 284 g/mol. The van der Waals surface area contributed by atoms with E-state index < -0.39 is 5.97 Å². The van der Waals surface area contributed by atoms with Crippen molar-refractivity contribution in [2.75, 3.05) is 13.2 Å². The van der Waals surface area contributed by atoms with Crippen molar-refractivity contribution < 1.29 is 18.7 Å². The van der Waals surface area contributed by atoms with Gasteiger partial charge >= 0.3 is 5.97 Å². The average molecular weight is 302 g/mol. The summed E-state index contributed by atoms with van der Waals surface area (Å²) in [5.74, 6) is 0.717. The number of furan rings is 1. The summed E-state index contributed by atoms with van der Waals surface area (Å²) < 4.78 is 10.4. The summed E-state index contributed by atoms with van der Waals surface area (Å²) in [6, 6.07) is 5.60. The van der Waals surface area contributed by atoms with Gasteiger partial charge in [-0.15, -0.1) is 0 Å². The topological polar surface area (TPSA) is 92.3 Å². The molecule has 0 saturated carbocycles. The third-order valence-electron chi connectivity index (χ3n) is 3.49. The van der Waals surface area contributed by atoms with Gasteiger partial charge in [-0.3, -0.25) is 9.59 Å². The molecule has 1 aromatic heterocycles. The Balaban J connectivity index is 2.15. The summed E-state index contributed by atoms with van der Waals surface area (Å²) in [6.07, 6.45) is 0.696. The largest absolute Gasteiger partial charge is 0.466 e. The first-order chi connectivity index (χ1) is 10.5. The number of aryl methyl sites for hydroxylation is 1. The molecule has 0 amide bonds. The number of nitrogens with zero attached hydrogens (tertiary/aromatic N) is 1. The first-order valence-electron chi connectivity index (χ1n) is 7.17. The molecule has 0 saturated heterocycles. The second-order valence-corrected chi connectivity index (χ2v) is 5.10. The number of rotatable bonds is 5. The van der Waals surface area contributed by atoms with Crippen LogP contribution in [-0.2, 0) is 14.3 Å². The third-order valence-corrected chi connectivity index (χ3v) is 3.49. The molecule has 0 aromatic carbocycles. The van der Waals surface area contributed by atoms with Crippen LogP contribution < -0.4 is 5.32 Å². The van der Waals surface area contributed by atoms with Gasteiger partial charge in [-0.25, -0.2) is 0 Å². The summed E-state index contributed by atoms with van der Waals surface area (Å²) in [5.41, 5.74) is 0.565. The number of carbonyl (C=O) groups is 2. The summed E-state index contributed by atoms with van der Waals surface area (Å²) in [7, 11) is 0. The number of nitriles is 1. The Morgan fingerprint density at radius 1 is 1.50 bits per heavy atom. The fraction of sp³-hybridized carbons (Fsp3) is 0.438. The third kappa shape index (κ3) is 3.55. The van der Waals surface area contributed by atoms with Gasteiger partial charge in [0.05, 0.1) is 6.61 Å². The maximum atomic E-state index is 12.1. The maximum absolute atomic E-state index is 12.1. The zero-order valence-electron chi connectivity index (χ0n) is 12.6. The Hall–Kier alpha value is -2.55. The van der Waals surface area contributed by atoms with E-state index >= 15 is 0 Å². The number of hydrogen-bond acceptors (Lipinski definition) is 6. The molecule has 1 aliphatic rings. The molecule has 6 nitrogen and oxygen atoms in total. The molecule has 2 rings (SSSR count). The van der Waals surface area contributed by atoms with Gasteiger partial charge in [0.25, 0.3) is 0 Å². The van der Waals surface area contributed by atoms with Crippen LogP contribution >= 0.6 is 0 Å². The van der Waals surface area contributed by atoms with Crippen LogP contribution in [0.1, 0.15) is 37.2 Å². The lowest BCUT2D eigenvalue weighted by Crippen LogP contribution is -2.30. The van der Waals surface area contributed by atoms with Gasteiger partial charge in [-0.05, 0) is 32.4 Å². The summed E-state index contributed by atoms with van der Waals surface area (Å²) in [6.45, 7) is 3.78. The lowest BCUT2D eigenvalue weighted by atomic mass is 9.85. The first-order valence-corrected chi connectivity index (χ1v) is 7.17. The zero-order valence-corrected chi connectivity index (χ0v) is 12.6. The van der Waals surface area contributed by atoms with Gasteiger partial charge in [-0.2, -0.15) is 5.26 Å². The molecule has 0 fully saturated rings. The molecule has 6 heteroatoms.